The molecule has 0 fully saturated rings. The number of halogens is 1. The summed E-state index contributed by atoms with van der Waals surface area (Å²) in [6.07, 6.45) is 0. The summed E-state index contributed by atoms with van der Waals surface area (Å²) in [6.45, 7) is 3.84. The zero-order valence-electron chi connectivity index (χ0n) is 17.8. The van der Waals surface area contributed by atoms with Crippen molar-refractivity contribution in [2.24, 2.45) is 0 Å². The van der Waals surface area contributed by atoms with E-state index in [0.29, 0.717) is 22.4 Å². The van der Waals surface area contributed by atoms with Crippen molar-refractivity contribution in [2.75, 3.05) is 12.4 Å². The highest BCUT2D eigenvalue weighted by Gasteiger charge is 2.20. The minimum Gasteiger partial charge on any atom is -0.464 e. The fraction of sp³-hybridized carbons (Fsp3) is 0.160. The molecule has 2 aromatic heterocycles. The zero-order valence-corrected chi connectivity index (χ0v) is 18.6. The number of methoxy groups -OCH3 is 1. The van der Waals surface area contributed by atoms with Crippen LogP contribution in [0.2, 0.25) is 5.15 Å². The van der Waals surface area contributed by atoms with Gasteiger partial charge in [-0.1, -0.05) is 48.0 Å². The molecule has 2 heterocycles. The van der Waals surface area contributed by atoms with E-state index in [0.717, 1.165) is 16.7 Å². The van der Waals surface area contributed by atoms with Crippen LogP contribution in [0.4, 0.5) is 5.69 Å². The molecule has 6 nitrogen and oxygen atoms in total. The standard InChI is InChI=1S/C25H21ClN2O4/c1-14-11-17(15(2)27-19-9-10-22(26)28-23(19)25(30)31-3)24-18(12-14)20(29)13-21(32-24)16-7-5-4-6-8-16/h4-13,15,27H,1-3H3/t15-/m1/s1. The molecule has 0 aliphatic rings. The summed E-state index contributed by atoms with van der Waals surface area (Å²) in [5, 5.41) is 3.96. The number of ether oxygens (including phenoxy) is 1. The van der Waals surface area contributed by atoms with Gasteiger partial charge in [0.15, 0.2) is 11.1 Å². The maximum Gasteiger partial charge on any atom is 0.358 e. The summed E-state index contributed by atoms with van der Waals surface area (Å²) in [6, 6.07) is 17.7. The van der Waals surface area contributed by atoms with Crippen molar-refractivity contribution in [1.29, 1.82) is 0 Å². The molecule has 7 heteroatoms. The zero-order chi connectivity index (χ0) is 22.8. The first kappa shape index (κ1) is 21.6. The Hall–Kier alpha value is -3.64. The first-order chi connectivity index (χ1) is 15.4. The lowest BCUT2D eigenvalue weighted by atomic mass is 10.0. The Bertz CT molecular complexity index is 1370. The number of esters is 1. The SMILES string of the molecule is COC(=O)c1nc(Cl)ccc1N[C@H](C)c1cc(C)cc2c(=O)cc(-c3ccccc3)oc12. The third-order valence-electron chi connectivity index (χ3n) is 5.14. The molecule has 0 aliphatic heterocycles. The number of aryl methyl sites for hydroxylation is 1. The first-order valence-electron chi connectivity index (χ1n) is 10.0. The maximum atomic E-state index is 12.9. The molecule has 0 aliphatic carbocycles. The van der Waals surface area contributed by atoms with Crippen molar-refractivity contribution in [3.05, 3.63) is 92.9 Å². The number of rotatable bonds is 5. The van der Waals surface area contributed by atoms with Crippen LogP contribution in [0.5, 0.6) is 0 Å². The smallest absolute Gasteiger partial charge is 0.358 e. The average Bonchev–Trinajstić information content (AvgIpc) is 2.80. The van der Waals surface area contributed by atoms with Crippen LogP contribution < -0.4 is 10.7 Å². The third kappa shape index (κ3) is 4.22. The topological polar surface area (TPSA) is 81.4 Å². The van der Waals surface area contributed by atoms with Gasteiger partial charge in [-0.05, 0) is 37.6 Å². The van der Waals surface area contributed by atoms with Gasteiger partial charge in [-0.25, -0.2) is 9.78 Å². The van der Waals surface area contributed by atoms with Crippen LogP contribution in [0.25, 0.3) is 22.3 Å². The molecule has 32 heavy (non-hydrogen) atoms. The number of aromatic nitrogens is 1. The van der Waals surface area contributed by atoms with Crippen LogP contribution in [-0.2, 0) is 4.74 Å². The third-order valence-corrected chi connectivity index (χ3v) is 5.35. The van der Waals surface area contributed by atoms with E-state index in [9.17, 15) is 9.59 Å². The second-order valence-electron chi connectivity index (χ2n) is 7.46. The Morgan fingerprint density at radius 3 is 2.59 bits per heavy atom. The highest BCUT2D eigenvalue weighted by Crippen LogP contribution is 2.31. The summed E-state index contributed by atoms with van der Waals surface area (Å²) >= 11 is 5.97. The molecule has 1 N–H and O–H groups in total. The number of hydrogen-bond donors (Lipinski definition) is 1. The molecule has 0 spiro atoms. The molecular weight excluding hydrogens is 428 g/mol. The molecule has 4 rings (SSSR count). The van der Waals surface area contributed by atoms with Crippen LogP contribution in [-0.4, -0.2) is 18.1 Å². The van der Waals surface area contributed by atoms with E-state index in [2.05, 4.69) is 10.3 Å². The Kier molecular flexibility index (Phi) is 5.97. The summed E-state index contributed by atoms with van der Waals surface area (Å²) in [5.74, 6) is -0.113. The van der Waals surface area contributed by atoms with E-state index in [1.807, 2.05) is 56.3 Å². The highest BCUT2D eigenvalue weighted by molar-refractivity contribution is 6.29. The fourth-order valence-corrected chi connectivity index (χ4v) is 3.76. The molecular formula is C25H21ClN2O4. The molecule has 0 saturated carbocycles. The van der Waals surface area contributed by atoms with E-state index in [4.69, 9.17) is 20.8 Å². The Morgan fingerprint density at radius 2 is 1.88 bits per heavy atom. The van der Waals surface area contributed by atoms with Crippen LogP contribution in [0.3, 0.4) is 0 Å². The number of benzene rings is 2. The van der Waals surface area contributed by atoms with Gasteiger partial charge in [0.25, 0.3) is 0 Å². The number of carbonyl (C=O) groups is 1. The highest BCUT2D eigenvalue weighted by atomic mass is 35.5. The van der Waals surface area contributed by atoms with Crippen LogP contribution >= 0.6 is 11.6 Å². The van der Waals surface area contributed by atoms with Crippen molar-refractivity contribution in [2.45, 2.75) is 19.9 Å². The number of nitrogens with one attached hydrogen (secondary N) is 1. The Labute approximate surface area is 189 Å². The number of fused-ring (bicyclic) bond motifs is 1. The second kappa shape index (κ2) is 8.85. The molecule has 162 valence electrons. The van der Waals surface area contributed by atoms with Crippen molar-refractivity contribution >= 4 is 34.2 Å². The van der Waals surface area contributed by atoms with Gasteiger partial charge in [0, 0.05) is 17.2 Å². The monoisotopic (exact) mass is 448 g/mol. The molecule has 4 aromatic rings. The minimum absolute atomic E-state index is 0.0789. The van der Waals surface area contributed by atoms with Crippen molar-refractivity contribution < 1.29 is 13.9 Å². The quantitative estimate of drug-likeness (QED) is 0.308. The van der Waals surface area contributed by atoms with Gasteiger partial charge in [0.1, 0.15) is 16.5 Å². The summed E-state index contributed by atoms with van der Waals surface area (Å²) in [7, 11) is 1.28. The summed E-state index contributed by atoms with van der Waals surface area (Å²) in [5.41, 5.74) is 3.42. The number of hydrogen-bond acceptors (Lipinski definition) is 6. The lowest BCUT2D eigenvalue weighted by Crippen LogP contribution is -2.14. The Balaban J connectivity index is 1.83. The number of anilines is 1. The van der Waals surface area contributed by atoms with Gasteiger partial charge in [0.2, 0.25) is 0 Å². The first-order valence-corrected chi connectivity index (χ1v) is 10.4. The molecule has 0 bridgehead atoms. The van der Waals surface area contributed by atoms with Gasteiger partial charge in [0.05, 0.1) is 24.2 Å². The van der Waals surface area contributed by atoms with Gasteiger partial charge in [-0.15, -0.1) is 0 Å². The lowest BCUT2D eigenvalue weighted by Gasteiger charge is -2.19. The van der Waals surface area contributed by atoms with Gasteiger partial charge in [-0.2, -0.15) is 0 Å². The molecule has 0 saturated heterocycles. The minimum atomic E-state index is -0.603. The normalized spacial score (nSPS) is 11.9. The van der Waals surface area contributed by atoms with Crippen molar-refractivity contribution in [3.8, 4) is 11.3 Å². The molecule has 0 amide bonds. The van der Waals surface area contributed by atoms with E-state index in [-0.39, 0.29) is 22.3 Å². The predicted octanol–water partition coefficient (Wildman–Crippen LogP) is 5.78. The fourth-order valence-electron chi connectivity index (χ4n) is 3.62. The number of pyridine rings is 1. The van der Waals surface area contributed by atoms with Crippen molar-refractivity contribution in [1.82, 2.24) is 4.98 Å². The summed E-state index contributed by atoms with van der Waals surface area (Å²) in [4.78, 5) is 29.2. The summed E-state index contributed by atoms with van der Waals surface area (Å²) < 4.78 is 11.1. The van der Waals surface area contributed by atoms with Gasteiger partial charge >= 0.3 is 5.97 Å². The molecule has 0 radical (unpaired) electrons. The largest absolute Gasteiger partial charge is 0.464 e. The lowest BCUT2D eigenvalue weighted by molar-refractivity contribution is 0.0595. The van der Waals surface area contributed by atoms with E-state index >= 15 is 0 Å². The Morgan fingerprint density at radius 1 is 1.12 bits per heavy atom. The number of carbonyl (C=O) groups excluding carboxylic acids is 1. The second-order valence-corrected chi connectivity index (χ2v) is 7.85. The van der Waals surface area contributed by atoms with Crippen LogP contribution in [0.15, 0.2) is 69.9 Å². The predicted molar refractivity (Wildman–Crippen MR) is 125 cm³/mol. The molecule has 0 unspecified atom stereocenters. The molecule has 1 atom stereocenters. The maximum absolute atomic E-state index is 12.9. The van der Waals surface area contributed by atoms with Crippen molar-refractivity contribution in [3.63, 3.8) is 0 Å². The van der Waals surface area contributed by atoms with Gasteiger partial charge < -0.3 is 14.5 Å². The van der Waals surface area contributed by atoms with E-state index in [1.54, 1.807) is 12.1 Å². The number of nitrogens with zero attached hydrogens (tertiary/aromatic N) is 1. The van der Waals surface area contributed by atoms with Crippen LogP contribution in [0.1, 0.15) is 34.6 Å². The van der Waals surface area contributed by atoms with Crippen LogP contribution in [0, 0.1) is 6.92 Å². The molecule has 2 aromatic carbocycles. The van der Waals surface area contributed by atoms with E-state index in [1.165, 1.54) is 13.2 Å². The van der Waals surface area contributed by atoms with Gasteiger partial charge in [-0.3, -0.25) is 4.79 Å². The van der Waals surface area contributed by atoms with E-state index < -0.39 is 5.97 Å². The average molecular weight is 449 g/mol.